The van der Waals surface area contributed by atoms with Gasteiger partial charge in [0.05, 0.1) is 12.6 Å². The van der Waals surface area contributed by atoms with Crippen LogP contribution in [0.1, 0.15) is 30.9 Å². The second kappa shape index (κ2) is 9.14. The highest BCUT2D eigenvalue weighted by atomic mass is 16.4. The van der Waals surface area contributed by atoms with Crippen LogP contribution in [0.5, 0.6) is 0 Å². The average molecular weight is 361 g/mol. The SMILES string of the molecule is Cc1ccccc1CN(C)C(=O)C(C)N1CCC(N(C)CC(=O)O)CC1. The highest BCUT2D eigenvalue weighted by molar-refractivity contribution is 5.81. The summed E-state index contributed by atoms with van der Waals surface area (Å²) < 4.78 is 0. The lowest BCUT2D eigenvalue weighted by Crippen LogP contribution is -2.51. The highest BCUT2D eigenvalue weighted by Crippen LogP contribution is 2.19. The average Bonchev–Trinajstić information content (AvgIpc) is 2.62. The van der Waals surface area contributed by atoms with Crippen LogP contribution in [0, 0.1) is 6.92 Å². The number of likely N-dealkylation sites (tertiary alicyclic amines) is 1. The van der Waals surface area contributed by atoms with Gasteiger partial charge in [0.2, 0.25) is 5.91 Å². The Morgan fingerprint density at radius 1 is 1.23 bits per heavy atom. The maximum atomic E-state index is 12.8. The van der Waals surface area contributed by atoms with E-state index in [0.717, 1.165) is 25.9 Å². The molecule has 1 aromatic carbocycles. The second-order valence-corrected chi connectivity index (χ2v) is 7.37. The lowest BCUT2D eigenvalue weighted by molar-refractivity contribution is -0.138. The molecular weight excluding hydrogens is 330 g/mol. The quantitative estimate of drug-likeness (QED) is 0.803. The van der Waals surface area contributed by atoms with Gasteiger partial charge in [-0.2, -0.15) is 0 Å². The number of nitrogens with zero attached hydrogens (tertiary/aromatic N) is 3. The predicted octanol–water partition coefficient (Wildman–Crippen LogP) is 1.82. The van der Waals surface area contributed by atoms with E-state index in [-0.39, 0.29) is 24.5 Å². The Morgan fingerprint density at radius 3 is 2.42 bits per heavy atom. The fourth-order valence-electron chi connectivity index (χ4n) is 3.65. The molecule has 1 unspecified atom stereocenters. The van der Waals surface area contributed by atoms with E-state index in [1.807, 2.05) is 38.1 Å². The Morgan fingerprint density at radius 2 is 1.85 bits per heavy atom. The first-order valence-corrected chi connectivity index (χ1v) is 9.25. The van der Waals surface area contributed by atoms with Crippen molar-refractivity contribution in [3.63, 3.8) is 0 Å². The number of carboxylic acids is 1. The maximum absolute atomic E-state index is 12.8. The van der Waals surface area contributed by atoms with Crippen molar-refractivity contribution in [3.05, 3.63) is 35.4 Å². The molecule has 6 heteroatoms. The molecule has 0 saturated carbocycles. The van der Waals surface area contributed by atoms with E-state index in [1.54, 1.807) is 4.90 Å². The fourth-order valence-corrected chi connectivity index (χ4v) is 3.65. The predicted molar refractivity (Wildman–Crippen MR) is 102 cm³/mol. The molecular formula is C20H31N3O3. The van der Waals surface area contributed by atoms with Crippen LogP contribution in [0.25, 0.3) is 0 Å². The van der Waals surface area contributed by atoms with Gasteiger partial charge in [-0.05, 0) is 44.9 Å². The summed E-state index contributed by atoms with van der Waals surface area (Å²) in [4.78, 5) is 29.6. The van der Waals surface area contributed by atoms with Crippen LogP contribution in [0.15, 0.2) is 24.3 Å². The molecule has 1 heterocycles. The minimum absolute atomic E-state index is 0.0678. The van der Waals surface area contributed by atoms with Crippen molar-refractivity contribution >= 4 is 11.9 Å². The lowest BCUT2D eigenvalue weighted by Gasteiger charge is -2.39. The van der Waals surface area contributed by atoms with Gasteiger partial charge in [0.15, 0.2) is 0 Å². The third-order valence-corrected chi connectivity index (χ3v) is 5.46. The van der Waals surface area contributed by atoms with Crippen LogP contribution in [0.2, 0.25) is 0 Å². The van der Waals surface area contributed by atoms with Gasteiger partial charge in [-0.1, -0.05) is 24.3 Å². The van der Waals surface area contributed by atoms with E-state index >= 15 is 0 Å². The van der Waals surface area contributed by atoms with Crippen molar-refractivity contribution in [2.75, 3.05) is 33.7 Å². The minimum atomic E-state index is -0.795. The van der Waals surface area contributed by atoms with Crippen LogP contribution >= 0.6 is 0 Å². The molecule has 1 aliphatic heterocycles. The van der Waals surface area contributed by atoms with Crippen molar-refractivity contribution < 1.29 is 14.7 Å². The van der Waals surface area contributed by atoms with Crippen LogP contribution in [0.3, 0.4) is 0 Å². The summed E-state index contributed by atoms with van der Waals surface area (Å²) >= 11 is 0. The molecule has 0 bridgehead atoms. The first-order valence-electron chi connectivity index (χ1n) is 9.25. The zero-order valence-electron chi connectivity index (χ0n) is 16.3. The summed E-state index contributed by atoms with van der Waals surface area (Å²) in [5.41, 5.74) is 2.37. The number of aliphatic carboxylic acids is 1. The summed E-state index contributed by atoms with van der Waals surface area (Å²) in [7, 11) is 3.72. The number of likely N-dealkylation sites (N-methyl/N-ethyl adjacent to an activating group) is 2. The van der Waals surface area contributed by atoms with E-state index in [4.69, 9.17) is 5.11 Å². The highest BCUT2D eigenvalue weighted by Gasteiger charge is 2.30. The smallest absolute Gasteiger partial charge is 0.317 e. The number of carbonyl (C=O) groups excluding carboxylic acids is 1. The van der Waals surface area contributed by atoms with Gasteiger partial charge < -0.3 is 10.0 Å². The molecule has 1 amide bonds. The molecule has 2 rings (SSSR count). The standard InChI is InChI=1S/C20H31N3O3/c1-15-7-5-6-8-17(15)13-22(4)20(26)16(2)23-11-9-18(10-12-23)21(3)14-19(24)25/h5-8,16,18H,9-14H2,1-4H3,(H,24,25). The number of rotatable bonds is 7. The Bertz CT molecular complexity index is 626. The van der Waals surface area contributed by atoms with Crippen LogP contribution in [-0.2, 0) is 16.1 Å². The van der Waals surface area contributed by atoms with Gasteiger partial charge in [0.25, 0.3) is 0 Å². The van der Waals surface area contributed by atoms with Gasteiger partial charge in [0, 0.05) is 32.7 Å². The number of hydrogen-bond donors (Lipinski definition) is 1. The zero-order valence-corrected chi connectivity index (χ0v) is 16.3. The van der Waals surface area contributed by atoms with E-state index in [1.165, 1.54) is 11.1 Å². The Balaban J connectivity index is 1.87. The summed E-state index contributed by atoms with van der Waals surface area (Å²) in [5.74, 6) is -0.665. The number of carbonyl (C=O) groups is 2. The molecule has 1 fully saturated rings. The van der Waals surface area contributed by atoms with Crippen LogP contribution in [-0.4, -0.2) is 77.5 Å². The normalized spacial score (nSPS) is 17.3. The molecule has 1 saturated heterocycles. The Labute approximate surface area is 156 Å². The maximum Gasteiger partial charge on any atom is 0.317 e. The van der Waals surface area contributed by atoms with Crippen molar-refractivity contribution in [1.82, 2.24) is 14.7 Å². The van der Waals surface area contributed by atoms with Crippen molar-refractivity contribution in [2.45, 2.75) is 45.3 Å². The lowest BCUT2D eigenvalue weighted by atomic mass is 10.0. The molecule has 1 atom stereocenters. The molecule has 0 spiro atoms. The van der Waals surface area contributed by atoms with Crippen molar-refractivity contribution in [1.29, 1.82) is 0 Å². The van der Waals surface area contributed by atoms with Crippen LogP contribution in [0.4, 0.5) is 0 Å². The van der Waals surface area contributed by atoms with Gasteiger partial charge in [-0.3, -0.25) is 19.4 Å². The fraction of sp³-hybridized carbons (Fsp3) is 0.600. The molecule has 0 radical (unpaired) electrons. The van der Waals surface area contributed by atoms with E-state index in [2.05, 4.69) is 24.0 Å². The van der Waals surface area contributed by atoms with Crippen molar-refractivity contribution in [3.8, 4) is 0 Å². The molecule has 6 nitrogen and oxygen atoms in total. The zero-order chi connectivity index (χ0) is 19.3. The largest absolute Gasteiger partial charge is 0.480 e. The molecule has 26 heavy (non-hydrogen) atoms. The van der Waals surface area contributed by atoms with E-state index in [0.29, 0.717) is 6.54 Å². The van der Waals surface area contributed by atoms with Gasteiger partial charge in [0.1, 0.15) is 0 Å². The third kappa shape index (κ3) is 5.29. The van der Waals surface area contributed by atoms with Gasteiger partial charge in [-0.25, -0.2) is 0 Å². The monoisotopic (exact) mass is 361 g/mol. The number of piperidine rings is 1. The van der Waals surface area contributed by atoms with E-state index < -0.39 is 5.97 Å². The molecule has 1 aliphatic rings. The minimum Gasteiger partial charge on any atom is -0.480 e. The Hall–Kier alpha value is -1.92. The van der Waals surface area contributed by atoms with Crippen LogP contribution < -0.4 is 0 Å². The number of hydrogen-bond acceptors (Lipinski definition) is 4. The number of carboxylic acid groups (broad SMARTS) is 1. The molecule has 144 valence electrons. The van der Waals surface area contributed by atoms with Gasteiger partial charge >= 0.3 is 5.97 Å². The third-order valence-electron chi connectivity index (χ3n) is 5.46. The molecule has 1 N–H and O–H groups in total. The van der Waals surface area contributed by atoms with Crippen molar-refractivity contribution in [2.24, 2.45) is 0 Å². The molecule has 0 aliphatic carbocycles. The molecule has 0 aromatic heterocycles. The number of benzene rings is 1. The van der Waals surface area contributed by atoms with E-state index in [9.17, 15) is 9.59 Å². The summed E-state index contributed by atoms with van der Waals surface area (Å²) in [5, 5.41) is 8.93. The topological polar surface area (TPSA) is 64.1 Å². The summed E-state index contributed by atoms with van der Waals surface area (Å²) in [6.45, 7) is 6.36. The first kappa shape index (κ1) is 20.4. The first-order chi connectivity index (χ1) is 12.3. The summed E-state index contributed by atoms with van der Waals surface area (Å²) in [6, 6.07) is 8.25. The van der Waals surface area contributed by atoms with Gasteiger partial charge in [-0.15, -0.1) is 0 Å². The second-order valence-electron chi connectivity index (χ2n) is 7.37. The number of aryl methyl sites for hydroxylation is 1. The molecule has 1 aromatic rings. The Kier molecular flexibility index (Phi) is 7.17. The summed E-state index contributed by atoms with van der Waals surface area (Å²) in [6.07, 6.45) is 1.78. The number of amides is 1.